The summed E-state index contributed by atoms with van der Waals surface area (Å²) in [4.78, 5) is 28.2. The molecule has 0 aliphatic carbocycles. The summed E-state index contributed by atoms with van der Waals surface area (Å²) in [5.74, 6) is -0.826. The molecule has 3 aromatic carbocycles. The molecular weight excluding hydrogens is 557 g/mol. The highest BCUT2D eigenvalue weighted by molar-refractivity contribution is 7.92. The van der Waals surface area contributed by atoms with Gasteiger partial charge in [0, 0.05) is 13.1 Å². The molecular formula is C29H33Cl2N3O4S. The van der Waals surface area contributed by atoms with E-state index in [1.807, 2.05) is 44.2 Å². The lowest BCUT2D eigenvalue weighted by Gasteiger charge is -2.32. The fraction of sp³-hybridized carbons (Fsp3) is 0.310. The van der Waals surface area contributed by atoms with Crippen molar-refractivity contribution < 1.29 is 18.0 Å². The maximum absolute atomic E-state index is 13.8. The smallest absolute Gasteiger partial charge is 0.264 e. The fourth-order valence-corrected chi connectivity index (χ4v) is 5.67. The molecule has 0 aliphatic heterocycles. The quantitative estimate of drug-likeness (QED) is 0.303. The van der Waals surface area contributed by atoms with Crippen LogP contribution in [0.3, 0.4) is 0 Å². The number of carbonyl (C=O) groups excluding carboxylic acids is 2. The van der Waals surface area contributed by atoms with Crippen LogP contribution in [-0.2, 0) is 26.0 Å². The van der Waals surface area contributed by atoms with Crippen molar-refractivity contribution in [3.63, 3.8) is 0 Å². The molecule has 1 unspecified atom stereocenters. The third-order valence-corrected chi connectivity index (χ3v) is 8.81. The van der Waals surface area contributed by atoms with Crippen molar-refractivity contribution >= 4 is 50.7 Å². The standard InChI is InChI=1S/C29H33Cl2N3O4S/c1-4-17-32-29(36)22(3)33(18-16-23-8-6-5-7-9-23)28(35)20-34(24-12-15-26(30)27(31)19-24)39(37,38)25-13-10-21(2)11-14-25/h5-15,19,22H,4,16-18,20H2,1-3H3,(H,32,36). The van der Waals surface area contributed by atoms with Crippen LogP contribution in [0.5, 0.6) is 0 Å². The molecule has 39 heavy (non-hydrogen) atoms. The Labute approximate surface area is 240 Å². The Morgan fingerprint density at radius 2 is 1.62 bits per heavy atom. The highest BCUT2D eigenvalue weighted by Gasteiger charge is 2.32. The van der Waals surface area contributed by atoms with Gasteiger partial charge in [0.05, 0.1) is 20.6 Å². The number of nitrogens with zero attached hydrogens (tertiary/aromatic N) is 2. The van der Waals surface area contributed by atoms with Gasteiger partial charge in [-0.2, -0.15) is 0 Å². The molecule has 0 radical (unpaired) electrons. The Balaban J connectivity index is 1.99. The van der Waals surface area contributed by atoms with Crippen LogP contribution in [0.1, 0.15) is 31.4 Å². The van der Waals surface area contributed by atoms with E-state index in [4.69, 9.17) is 23.2 Å². The van der Waals surface area contributed by atoms with Gasteiger partial charge in [0.2, 0.25) is 11.8 Å². The molecule has 3 rings (SSSR count). The van der Waals surface area contributed by atoms with Crippen LogP contribution < -0.4 is 9.62 Å². The summed E-state index contributed by atoms with van der Waals surface area (Å²) in [5, 5.41) is 3.24. The van der Waals surface area contributed by atoms with Gasteiger partial charge in [0.1, 0.15) is 12.6 Å². The molecule has 208 valence electrons. The minimum atomic E-state index is -4.17. The van der Waals surface area contributed by atoms with E-state index in [9.17, 15) is 18.0 Å². The van der Waals surface area contributed by atoms with Crippen LogP contribution in [-0.4, -0.2) is 50.8 Å². The van der Waals surface area contributed by atoms with Crippen LogP contribution in [0.15, 0.2) is 77.7 Å². The summed E-state index contributed by atoms with van der Waals surface area (Å²) in [6.45, 7) is 5.60. The molecule has 0 bridgehead atoms. The Kier molecular flexibility index (Phi) is 10.8. The van der Waals surface area contributed by atoms with Crippen LogP contribution in [0.25, 0.3) is 0 Å². The first-order valence-corrected chi connectivity index (χ1v) is 14.9. The zero-order valence-corrected chi connectivity index (χ0v) is 24.6. The van der Waals surface area contributed by atoms with E-state index in [0.717, 1.165) is 21.9 Å². The number of aryl methyl sites for hydroxylation is 1. The molecule has 0 saturated heterocycles. The highest BCUT2D eigenvalue weighted by Crippen LogP contribution is 2.31. The van der Waals surface area contributed by atoms with Gasteiger partial charge in [-0.05, 0) is 62.6 Å². The highest BCUT2D eigenvalue weighted by atomic mass is 35.5. The van der Waals surface area contributed by atoms with E-state index in [-0.39, 0.29) is 33.1 Å². The van der Waals surface area contributed by atoms with E-state index in [1.54, 1.807) is 19.1 Å². The van der Waals surface area contributed by atoms with E-state index < -0.39 is 28.5 Å². The number of rotatable bonds is 12. The van der Waals surface area contributed by atoms with Crippen LogP contribution in [0.2, 0.25) is 10.0 Å². The first-order valence-electron chi connectivity index (χ1n) is 12.7. The Bertz CT molecular complexity index is 1380. The van der Waals surface area contributed by atoms with Gasteiger partial charge < -0.3 is 10.2 Å². The number of halogens is 2. The van der Waals surface area contributed by atoms with Crippen molar-refractivity contribution in [2.75, 3.05) is 23.9 Å². The van der Waals surface area contributed by atoms with Gasteiger partial charge >= 0.3 is 0 Å². The molecule has 0 aromatic heterocycles. The third-order valence-electron chi connectivity index (χ3n) is 6.28. The molecule has 0 aliphatic rings. The molecule has 0 saturated carbocycles. The number of benzene rings is 3. The van der Waals surface area contributed by atoms with Crippen molar-refractivity contribution in [2.45, 2.75) is 44.6 Å². The number of carbonyl (C=O) groups is 2. The van der Waals surface area contributed by atoms with E-state index in [1.165, 1.54) is 35.2 Å². The van der Waals surface area contributed by atoms with Crippen molar-refractivity contribution in [1.82, 2.24) is 10.2 Å². The topological polar surface area (TPSA) is 86.8 Å². The lowest BCUT2D eigenvalue weighted by Crippen LogP contribution is -2.52. The molecule has 0 fully saturated rings. The molecule has 1 atom stereocenters. The Morgan fingerprint density at radius 1 is 0.949 bits per heavy atom. The summed E-state index contributed by atoms with van der Waals surface area (Å²) >= 11 is 12.3. The lowest BCUT2D eigenvalue weighted by molar-refractivity contribution is -0.138. The molecule has 7 nitrogen and oxygen atoms in total. The Hall–Kier alpha value is -3.07. The molecule has 10 heteroatoms. The average molecular weight is 591 g/mol. The summed E-state index contributed by atoms with van der Waals surface area (Å²) in [7, 11) is -4.17. The number of hydrogen-bond acceptors (Lipinski definition) is 4. The van der Waals surface area contributed by atoms with Crippen molar-refractivity contribution in [2.24, 2.45) is 0 Å². The molecule has 1 N–H and O–H groups in total. The van der Waals surface area contributed by atoms with Gasteiger partial charge in [-0.15, -0.1) is 0 Å². The second kappa shape index (κ2) is 13.8. The number of hydrogen-bond donors (Lipinski definition) is 1. The van der Waals surface area contributed by atoms with E-state index >= 15 is 0 Å². The first-order chi connectivity index (χ1) is 18.5. The van der Waals surface area contributed by atoms with E-state index in [0.29, 0.717) is 13.0 Å². The Morgan fingerprint density at radius 3 is 2.23 bits per heavy atom. The molecule has 0 spiro atoms. The van der Waals surface area contributed by atoms with Gasteiger partial charge in [-0.25, -0.2) is 8.42 Å². The second-order valence-corrected chi connectivity index (χ2v) is 11.9. The lowest BCUT2D eigenvalue weighted by atomic mass is 10.1. The predicted octanol–water partition coefficient (Wildman–Crippen LogP) is 5.48. The zero-order chi connectivity index (χ0) is 28.6. The normalized spacial score (nSPS) is 12.0. The number of anilines is 1. The van der Waals surface area contributed by atoms with Gasteiger partial charge in [0.25, 0.3) is 10.0 Å². The molecule has 2 amide bonds. The van der Waals surface area contributed by atoms with Crippen molar-refractivity contribution in [3.05, 3.63) is 94.0 Å². The number of sulfonamides is 1. The van der Waals surface area contributed by atoms with Crippen molar-refractivity contribution in [3.8, 4) is 0 Å². The fourth-order valence-electron chi connectivity index (χ4n) is 3.97. The number of amides is 2. The van der Waals surface area contributed by atoms with Gasteiger partial charge in [-0.1, -0.05) is 78.2 Å². The average Bonchev–Trinajstić information content (AvgIpc) is 2.92. The van der Waals surface area contributed by atoms with Crippen LogP contribution in [0.4, 0.5) is 5.69 Å². The summed E-state index contributed by atoms with van der Waals surface area (Å²) in [6, 6.07) is 19.5. The maximum Gasteiger partial charge on any atom is 0.264 e. The zero-order valence-electron chi connectivity index (χ0n) is 22.2. The minimum absolute atomic E-state index is 0.0246. The maximum atomic E-state index is 13.8. The van der Waals surface area contributed by atoms with Crippen molar-refractivity contribution in [1.29, 1.82) is 0 Å². The third kappa shape index (κ3) is 7.97. The molecule has 3 aromatic rings. The summed E-state index contributed by atoms with van der Waals surface area (Å²) in [6.07, 6.45) is 1.24. The summed E-state index contributed by atoms with van der Waals surface area (Å²) in [5.41, 5.74) is 2.07. The second-order valence-electron chi connectivity index (χ2n) is 9.21. The van der Waals surface area contributed by atoms with E-state index in [2.05, 4.69) is 5.32 Å². The monoisotopic (exact) mass is 589 g/mol. The van der Waals surface area contributed by atoms with Gasteiger partial charge in [0.15, 0.2) is 0 Å². The predicted molar refractivity (Wildman–Crippen MR) is 157 cm³/mol. The largest absolute Gasteiger partial charge is 0.354 e. The number of nitrogens with one attached hydrogen (secondary N) is 1. The molecule has 0 heterocycles. The summed E-state index contributed by atoms with van der Waals surface area (Å²) < 4.78 is 28.7. The van der Waals surface area contributed by atoms with Crippen LogP contribution >= 0.6 is 23.2 Å². The van der Waals surface area contributed by atoms with Gasteiger partial charge in [-0.3, -0.25) is 13.9 Å². The van der Waals surface area contributed by atoms with Crippen LogP contribution in [0, 0.1) is 6.92 Å². The first kappa shape index (κ1) is 30.5. The minimum Gasteiger partial charge on any atom is -0.354 e. The SMILES string of the molecule is CCCNC(=O)C(C)N(CCc1ccccc1)C(=O)CN(c1ccc(Cl)c(Cl)c1)S(=O)(=O)c1ccc(C)cc1.